The van der Waals surface area contributed by atoms with Crippen molar-refractivity contribution in [3.05, 3.63) is 29.8 Å². The van der Waals surface area contributed by atoms with Gasteiger partial charge in [0.25, 0.3) is 0 Å². The van der Waals surface area contributed by atoms with E-state index in [1.54, 1.807) is 7.05 Å². The number of nitrogens with two attached hydrogens (primary N) is 2. The Hall–Kier alpha value is -1.55. The van der Waals surface area contributed by atoms with Gasteiger partial charge in [0.1, 0.15) is 0 Å². The Morgan fingerprint density at radius 2 is 2.06 bits per heavy atom. The topological polar surface area (TPSA) is 72.3 Å². The fourth-order valence-electron chi connectivity index (χ4n) is 1.82. The fourth-order valence-corrected chi connectivity index (χ4v) is 1.82. The van der Waals surface area contributed by atoms with Crippen LogP contribution in [-0.2, 0) is 6.42 Å². The van der Waals surface area contributed by atoms with Gasteiger partial charge in [-0.15, -0.1) is 0 Å². The lowest BCUT2D eigenvalue weighted by molar-refractivity contribution is 0.255. The molecular weight excluding hydrogens is 202 g/mol. The lowest BCUT2D eigenvalue weighted by Gasteiger charge is -2.20. The molecule has 0 heterocycles. The first-order valence-corrected chi connectivity index (χ1v) is 5.42. The lowest BCUT2D eigenvalue weighted by Crippen LogP contribution is -2.33. The minimum Gasteiger partial charge on any atom is -0.351 e. The van der Waals surface area contributed by atoms with Crippen LogP contribution in [0.3, 0.4) is 0 Å². The highest BCUT2D eigenvalue weighted by molar-refractivity contribution is 5.90. The van der Waals surface area contributed by atoms with Gasteiger partial charge < -0.3 is 11.5 Å². The maximum absolute atomic E-state index is 11.2. The van der Waals surface area contributed by atoms with Gasteiger partial charge in [-0.3, -0.25) is 4.90 Å². The molecule has 16 heavy (non-hydrogen) atoms. The molecule has 0 saturated heterocycles. The van der Waals surface area contributed by atoms with Crippen LogP contribution in [0.25, 0.3) is 0 Å². The van der Waals surface area contributed by atoms with Crippen molar-refractivity contribution in [1.82, 2.24) is 0 Å². The smallest absolute Gasteiger partial charge is 0.319 e. The second-order valence-electron chi connectivity index (χ2n) is 4.57. The van der Waals surface area contributed by atoms with E-state index in [0.717, 1.165) is 30.5 Å². The molecule has 4 N–H and O–H groups in total. The van der Waals surface area contributed by atoms with Crippen LogP contribution >= 0.6 is 0 Å². The molecule has 0 aromatic heterocycles. The van der Waals surface area contributed by atoms with Gasteiger partial charge in [-0.1, -0.05) is 18.2 Å². The van der Waals surface area contributed by atoms with E-state index >= 15 is 0 Å². The van der Waals surface area contributed by atoms with E-state index in [4.69, 9.17) is 11.5 Å². The van der Waals surface area contributed by atoms with Crippen molar-refractivity contribution in [1.29, 1.82) is 0 Å². The quantitative estimate of drug-likeness (QED) is 0.802. The number of hydrogen-bond acceptors (Lipinski definition) is 2. The molecular formula is C12H17N3O. The van der Waals surface area contributed by atoms with Crippen LogP contribution in [0.2, 0.25) is 0 Å². The number of primary amides is 1. The van der Waals surface area contributed by atoms with Gasteiger partial charge in [0.05, 0.1) is 0 Å². The highest BCUT2D eigenvalue weighted by Crippen LogP contribution is 2.37. The monoisotopic (exact) mass is 219 g/mol. The Balaban J connectivity index is 2.26. The number of rotatable bonds is 3. The van der Waals surface area contributed by atoms with E-state index in [1.165, 1.54) is 4.90 Å². The first kappa shape index (κ1) is 11.0. The zero-order valence-electron chi connectivity index (χ0n) is 9.44. The van der Waals surface area contributed by atoms with Crippen molar-refractivity contribution in [3.8, 4) is 0 Å². The van der Waals surface area contributed by atoms with Crippen LogP contribution < -0.4 is 16.4 Å². The Morgan fingerprint density at radius 3 is 2.62 bits per heavy atom. The number of carbonyl (C=O) groups is 1. The summed E-state index contributed by atoms with van der Waals surface area (Å²) < 4.78 is 0. The van der Waals surface area contributed by atoms with Crippen molar-refractivity contribution < 1.29 is 4.79 Å². The molecule has 0 atom stereocenters. The molecule has 0 spiro atoms. The predicted molar refractivity (Wildman–Crippen MR) is 64.3 cm³/mol. The van der Waals surface area contributed by atoms with Crippen molar-refractivity contribution >= 4 is 11.7 Å². The molecule has 1 aromatic carbocycles. The van der Waals surface area contributed by atoms with E-state index < -0.39 is 6.03 Å². The van der Waals surface area contributed by atoms with Gasteiger partial charge in [0.2, 0.25) is 0 Å². The molecule has 0 unspecified atom stereocenters. The molecule has 0 bridgehead atoms. The summed E-state index contributed by atoms with van der Waals surface area (Å²) in [7, 11) is 1.68. The molecule has 0 radical (unpaired) electrons. The second-order valence-corrected chi connectivity index (χ2v) is 4.57. The van der Waals surface area contributed by atoms with Crippen LogP contribution in [0.4, 0.5) is 10.5 Å². The van der Waals surface area contributed by atoms with Crippen LogP contribution in [0.1, 0.15) is 18.4 Å². The van der Waals surface area contributed by atoms with Gasteiger partial charge in [-0.25, -0.2) is 4.79 Å². The largest absolute Gasteiger partial charge is 0.351 e. The van der Waals surface area contributed by atoms with E-state index in [9.17, 15) is 4.79 Å². The number of carbonyl (C=O) groups excluding carboxylic acids is 1. The molecule has 1 aromatic rings. The van der Waals surface area contributed by atoms with Crippen molar-refractivity contribution in [2.45, 2.75) is 24.8 Å². The van der Waals surface area contributed by atoms with E-state index in [1.807, 2.05) is 24.3 Å². The molecule has 1 saturated carbocycles. The van der Waals surface area contributed by atoms with Crippen LogP contribution in [0, 0.1) is 0 Å². The maximum Gasteiger partial charge on any atom is 0.319 e. The summed E-state index contributed by atoms with van der Waals surface area (Å²) in [6.45, 7) is 0. The maximum atomic E-state index is 11.2. The SMILES string of the molecule is CN(C(N)=O)c1ccccc1CC1(N)CC1. The molecule has 1 fully saturated rings. The second kappa shape index (κ2) is 3.79. The minimum atomic E-state index is -0.450. The summed E-state index contributed by atoms with van der Waals surface area (Å²) in [5.74, 6) is 0. The molecule has 0 aliphatic heterocycles. The van der Waals surface area contributed by atoms with E-state index in [2.05, 4.69) is 0 Å². The van der Waals surface area contributed by atoms with Gasteiger partial charge in [-0.2, -0.15) is 0 Å². The summed E-state index contributed by atoms with van der Waals surface area (Å²) >= 11 is 0. The third kappa shape index (κ3) is 2.17. The van der Waals surface area contributed by atoms with Crippen molar-refractivity contribution in [3.63, 3.8) is 0 Å². The van der Waals surface area contributed by atoms with Gasteiger partial charge in [-0.05, 0) is 30.9 Å². The fraction of sp³-hybridized carbons (Fsp3) is 0.417. The third-order valence-corrected chi connectivity index (χ3v) is 3.12. The number of urea groups is 1. The number of nitrogens with zero attached hydrogens (tertiary/aromatic N) is 1. The molecule has 1 aliphatic carbocycles. The van der Waals surface area contributed by atoms with E-state index in [0.29, 0.717) is 0 Å². The molecule has 4 heteroatoms. The van der Waals surface area contributed by atoms with Crippen molar-refractivity contribution in [2.75, 3.05) is 11.9 Å². The molecule has 2 rings (SSSR count). The lowest BCUT2D eigenvalue weighted by atomic mass is 10.0. The minimum absolute atomic E-state index is 0.0609. The number of amides is 2. The summed E-state index contributed by atoms with van der Waals surface area (Å²) in [6, 6.07) is 7.30. The summed E-state index contributed by atoms with van der Waals surface area (Å²) in [6.07, 6.45) is 2.92. The summed E-state index contributed by atoms with van der Waals surface area (Å²) in [5.41, 5.74) is 13.2. The number of anilines is 1. The van der Waals surface area contributed by atoms with Crippen LogP contribution in [-0.4, -0.2) is 18.6 Å². The number of benzene rings is 1. The highest BCUT2D eigenvalue weighted by Gasteiger charge is 2.38. The Kier molecular flexibility index (Phi) is 2.59. The van der Waals surface area contributed by atoms with E-state index in [-0.39, 0.29) is 5.54 Å². The molecule has 2 amide bonds. The Morgan fingerprint density at radius 1 is 1.44 bits per heavy atom. The predicted octanol–water partition coefficient (Wildman–Crippen LogP) is 1.24. The van der Waals surface area contributed by atoms with Gasteiger partial charge in [0.15, 0.2) is 0 Å². The number of hydrogen-bond donors (Lipinski definition) is 2. The first-order chi connectivity index (χ1) is 7.52. The first-order valence-electron chi connectivity index (χ1n) is 5.42. The summed E-state index contributed by atoms with van der Waals surface area (Å²) in [5, 5.41) is 0. The molecule has 86 valence electrons. The van der Waals surface area contributed by atoms with Crippen molar-refractivity contribution in [2.24, 2.45) is 11.5 Å². The zero-order valence-corrected chi connectivity index (χ0v) is 9.44. The molecule has 1 aliphatic rings. The Bertz CT molecular complexity index is 412. The standard InChI is InChI=1S/C12H17N3O/c1-15(11(13)16)10-5-3-2-4-9(10)8-12(14)6-7-12/h2-5H,6-8,14H2,1H3,(H2,13,16). The van der Waals surface area contributed by atoms with Crippen LogP contribution in [0.15, 0.2) is 24.3 Å². The average Bonchev–Trinajstić information content (AvgIpc) is 2.96. The Labute approximate surface area is 95.2 Å². The zero-order chi connectivity index (χ0) is 11.8. The average molecular weight is 219 g/mol. The summed E-state index contributed by atoms with van der Waals surface area (Å²) in [4.78, 5) is 12.6. The van der Waals surface area contributed by atoms with Gasteiger partial charge in [0, 0.05) is 18.3 Å². The van der Waals surface area contributed by atoms with Crippen LogP contribution in [0.5, 0.6) is 0 Å². The normalized spacial score (nSPS) is 16.9. The number of para-hydroxylation sites is 1. The van der Waals surface area contributed by atoms with Gasteiger partial charge >= 0.3 is 6.03 Å². The third-order valence-electron chi connectivity index (χ3n) is 3.12. The molecule has 4 nitrogen and oxygen atoms in total. The highest BCUT2D eigenvalue weighted by atomic mass is 16.2.